The van der Waals surface area contributed by atoms with Gasteiger partial charge in [-0.1, -0.05) is 28.1 Å². The van der Waals surface area contributed by atoms with E-state index in [0.717, 1.165) is 11.1 Å². The first-order valence-electron chi connectivity index (χ1n) is 6.39. The molecule has 1 atom stereocenters. The van der Waals surface area contributed by atoms with Gasteiger partial charge < -0.3 is 5.32 Å². The van der Waals surface area contributed by atoms with E-state index in [0.29, 0.717) is 11.0 Å². The number of nitrogens with one attached hydrogen (secondary N) is 1. The van der Waals surface area contributed by atoms with Crippen LogP contribution in [0.4, 0.5) is 10.1 Å². The van der Waals surface area contributed by atoms with Crippen molar-refractivity contribution in [3.63, 3.8) is 0 Å². The minimum absolute atomic E-state index is 0.0252. The van der Waals surface area contributed by atoms with E-state index in [1.54, 1.807) is 12.1 Å². The molecular formula is C15H14BrFN2O2. The third-order valence-corrected chi connectivity index (χ3v) is 3.93. The fourth-order valence-corrected chi connectivity index (χ4v) is 2.46. The lowest BCUT2D eigenvalue weighted by Gasteiger charge is -2.15. The number of benzene rings is 2. The van der Waals surface area contributed by atoms with Gasteiger partial charge in [0.1, 0.15) is 5.82 Å². The van der Waals surface area contributed by atoms with E-state index in [-0.39, 0.29) is 17.5 Å². The number of hydrogen-bond donors (Lipinski definition) is 1. The first kappa shape index (κ1) is 15.6. The van der Waals surface area contributed by atoms with Crippen molar-refractivity contribution in [2.45, 2.75) is 19.5 Å². The summed E-state index contributed by atoms with van der Waals surface area (Å²) in [5, 5.41) is 13.9. The van der Waals surface area contributed by atoms with Crippen molar-refractivity contribution in [1.29, 1.82) is 0 Å². The van der Waals surface area contributed by atoms with Crippen molar-refractivity contribution in [3.8, 4) is 0 Å². The maximum atomic E-state index is 13.2. The molecule has 110 valence electrons. The number of non-ortho nitro benzene ring substituents is 1. The van der Waals surface area contributed by atoms with Crippen LogP contribution < -0.4 is 5.32 Å². The monoisotopic (exact) mass is 352 g/mol. The highest BCUT2D eigenvalue weighted by molar-refractivity contribution is 9.10. The lowest BCUT2D eigenvalue weighted by atomic mass is 10.1. The first-order chi connectivity index (χ1) is 9.97. The van der Waals surface area contributed by atoms with Gasteiger partial charge in [-0.15, -0.1) is 0 Å². The summed E-state index contributed by atoms with van der Waals surface area (Å²) in [6, 6.07) is 11.0. The summed E-state index contributed by atoms with van der Waals surface area (Å²) in [5.74, 6) is -0.266. The van der Waals surface area contributed by atoms with Crippen LogP contribution in [-0.4, -0.2) is 4.92 Å². The average molecular weight is 353 g/mol. The number of hydrogen-bond acceptors (Lipinski definition) is 3. The Morgan fingerprint density at radius 1 is 1.33 bits per heavy atom. The van der Waals surface area contributed by atoms with Gasteiger partial charge in [-0.25, -0.2) is 4.39 Å². The Hall–Kier alpha value is -1.79. The Morgan fingerprint density at radius 2 is 2.10 bits per heavy atom. The second kappa shape index (κ2) is 6.78. The molecule has 0 heterocycles. The molecule has 21 heavy (non-hydrogen) atoms. The number of nitro groups is 1. The standard InChI is InChI=1S/C15H14BrFN2O2/c1-10(11-3-2-4-13(17)7-11)18-9-12-5-6-14(19(20)21)8-15(12)16/h2-8,10,18H,9H2,1H3/t10-/m0/s1. The summed E-state index contributed by atoms with van der Waals surface area (Å²) in [5.41, 5.74) is 1.81. The SMILES string of the molecule is C[C@H](NCc1ccc([N+](=O)[O-])cc1Br)c1cccc(F)c1. The van der Waals surface area contributed by atoms with Crippen molar-refractivity contribution in [3.05, 3.63) is 74.0 Å². The van der Waals surface area contributed by atoms with Crippen molar-refractivity contribution < 1.29 is 9.31 Å². The third kappa shape index (κ3) is 4.09. The number of nitro benzene ring substituents is 1. The predicted octanol–water partition coefficient (Wildman–Crippen LogP) is 4.35. The molecule has 4 nitrogen and oxygen atoms in total. The van der Waals surface area contributed by atoms with Crippen molar-refractivity contribution in [2.75, 3.05) is 0 Å². The quantitative estimate of drug-likeness (QED) is 0.642. The van der Waals surface area contributed by atoms with Gasteiger partial charge in [-0.2, -0.15) is 0 Å². The Balaban J connectivity index is 2.04. The van der Waals surface area contributed by atoms with Crippen LogP contribution in [0, 0.1) is 15.9 Å². The highest BCUT2D eigenvalue weighted by Crippen LogP contribution is 2.23. The highest BCUT2D eigenvalue weighted by Gasteiger charge is 2.11. The number of nitrogens with zero attached hydrogens (tertiary/aromatic N) is 1. The molecule has 0 saturated heterocycles. The Kier molecular flexibility index (Phi) is 5.03. The van der Waals surface area contributed by atoms with Gasteiger partial charge in [-0.3, -0.25) is 10.1 Å². The van der Waals surface area contributed by atoms with Gasteiger partial charge in [0.15, 0.2) is 0 Å². The number of rotatable bonds is 5. The van der Waals surface area contributed by atoms with Crippen molar-refractivity contribution >= 4 is 21.6 Å². The van der Waals surface area contributed by atoms with Crippen molar-refractivity contribution in [1.82, 2.24) is 5.32 Å². The summed E-state index contributed by atoms with van der Waals surface area (Å²) in [6.45, 7) is 2.46. The lowest BCUT2D eigenvalue weighted by molar-refractivity contribution is -0.384. The largest absolute Gasteiger partial charge is 0.306 e. The summed E-state index contributed by atoms with van der Waals surface area (Å²) in [7, 11) is 0. The van der Waals surface area contributed by atoms with Crippen LogP contribution in [0.5, 0.6) is 0 Å². The predicted molar refractivity (Wildman–Crippen MR) is 82.5 cm³/mol. The molecule has 0 aliphatic heterocycles. The maximum absolute atomic E-state index is 13.2. The van der Waals surface area contributed by atoms with Gasteiger partial charge >= 0.3 is 0 Å². The second-order valence-corrected chi connectivity index (χ2v) is 5.54. The van der Waals surface area contributed by atoms with Crippen LogP contribution in [0.3, 0.4) is 0 Å². The summed E-state index contributed by atoms with van der Waals surface area (Å²) in [4.78, 5) is 10.2. The van der Waals surface area contributed by atoms with Gasteiger partial charge in [0.05, 0.1) is 4.92 Å². The minimum atomic E-state index is -0.433. The van der Waals surface area contributed by atoms with Crippen LogP contribution in [0.25, 0.3) is 0 Å². The normalized spacial score (nSPS) is 12.1. The average Bonchev–Trinajstić information content (AvgIpc) is 2.45. The molecular weight excluding hydrogens is 339 g/mol. The zero-order valence-electron chi connectivity index (χ0n) is 11.3. The van der Waals surface area contributed by atoms with E-state index in [2.05, 4.69) is 21.2 Å². The molecule has 0 unspecified atom stereocenters. The van der Waals surface area contributed by atoms with E-state index in [1.807, 2.05) is 13.0 Å². The van der Waals surface area contributed by atoms with Gasteiger partial charge in [-0.05, 0) is 36.2 Å². The molecule has 2 aromatic rings. The van der Waals surface area contributed by atoms with Gasteiger partial charge in [0.25, 0.3) is 5.69 Å². The Bertz CT molecular complexity index is 664. The molecule has 2 aromatic carbocycles. The van der Waals surface area contributed by atoms with Crippen molar-refractivity contribution in [2.24, 2.45) is 0 Å². The molecule has 0 amide bonds. The third-order valence-electron chi connectivity index (χ3n) is 3.19. The van der Waals surface area contributed by atoms with Crippen LogP contribution in [-0.2, 0) is 6.54 Å². The molecule has 0 fully saturated rings. The summed E-state index contributed by atoms with van der Waals surface area (Å²) < 4.78 is 13.9. The van der Waals surface area contributed by atoms with Gasteiger partial charge in [0.2, 0.25) is 0 Å². The van der Waals surface area contributed by atoms with Crippen LogP contribution in [0.15, 0.2) is 46.9 Å². The maximum Gasteiger partial charge on any atom is 0.270 e. The molecule has 1 N–H and O–H groups in total. The fourth-order valence-electron chi connectivity index (χ4n) is 1.95. The van der Waals surface area contributed by atoms with E-state index in [4.69, 9.17) is 0 Å². The summed E-state index contributed by atoms with van der Waals surface area (Å²) in [6.07, 6.45) is 0. The highest BCUT2D eigenvalue weighted by atomic mass is 79.9. The van der Waals surface area contributed by atoms with Crippen LogP contribution in [0.2, 0.25) is 0 Å². The zero-order valence-corrected chi connectivity index (χ0v) is 12.9. The fraction of sp³-hybridized carbons (Fsp3) is 0.200. The van der Waals surface area contributed by atoms with E-state index in [9.17, 15) is 14.5 Å². The van der Waals surface area contributed by atoms with E-state index < -0.39 is 4.92 Å². The molecule has 0 bridgehead atoms. The molecule has 0 spiro atoms. The van der Waals surface area contributed by atoms with Gasteiger partial charge in [0, 0.05) is 29.2 Å². The Morgan fingerprint density at radius 3 is 2.71 bits per heavy atom. The smallest absolute Gasteiger partial charge is 0.270 e. The van der Waals surface area contributed by atoms with E-state index >= 15 is 0 Å². The first-order valence-corrected chi connectivity index (χ1v) is 7.18. The topological polar surface area (TPSA) is 55.2 Å². The zero-order chi connectivity index (χ0) is 15.4. The summed E-state index contributed by atoms with van der Waals surface area (Å²) >= 11 is 3.33. The molecule has 0 saturated carbocycles. The van der Waals surface area contributed by atoms with Crippen LogP contribution in [0.1, 0.15) is 24.1 Å². The molecule has 0 aliphatic rings. The minimum Gasteiger partial charge on any atom is -0.306 e. The second-order valence-electron chi connectivity index (χ2n) is 4.69. The molecule has 0 aromatic heterocycles. The lowest BCUT2D eigenvalue weighted by Crippen LogP contribution is -2.18. The number of halogens is 2. The molecule has 6 heteroatoms. The molecule has 0 aliphatic carbocycles. The van der Waals surface area contributed by atoms with Crippen LogP contribution >= 0.6 is 15.9 Å². The Labute approximate surface area is 130 Å². The molecule has 0 radical (unpaired) electrons. The van der Waals surface area contributed by atoms with E-state index in [1.165, 1.54) is 24.3 Å². The molecule has 2 rings (SSSR count).